The van der Waals surface area contributed by atoms with Crippen LogP contribution < -0.4 is 20.1 Å². The van der Waals surface area contributed by atoms with E-state index in [0.717, 1.165) is 53.3 Å². The van der Waals surface area contributed by atoms with Gasteiger partial charge in [0, 0.05) is 33.2 Å². The van der Waals surface area contributed by atoms with E-state index in [4.69, 9.17) is 19.4 Å². The SMILES string of the molecule is C=O.CC.CCO.CNCCOc1c(C#N)cc(C(C)(C)c2ccc(OCc3ccnc(NC)n3)cc2)cc1C1CC1.[HH]. The Morgan fingerprint density at radius 2 is 1.74 bits per heavy atom. The smallest absolute Gasteiger partial charge is 0.222 e. The molecule has 1 fully saturated rings. The van der Waals surface area contributed by atoms with Crippen molar-refractivity contribution in [2.24, 2.45) is 0 Å². The number of likely N-dealkylation sites (N-methyl/N-ethyl adjacent to an activating group) is 1. The molecular formula is C33H49N5O4. The first kappa shape index (κ1) is 36.0. The van der Waals surface area contributed by atoms with E-state index in [9.17, 15) is 5.26 Å². The summed E-state index contributed by atoms with van der Waals surface area (Å²) >= 11 is 0. The number of nitrogens with one attached hydrogen (secondary N) is 2. The molecule has 230 valence electrons. The van der Waals surface area contributed by atoms with Gasteiger partial charge < -0.3 is 30.0 Å². The normalized spacial score (nSPS) is 11.7. The second-order valence-corrected chi connectivity index (χ2v) is 9.66. The van der Waals surface area contributed by atoms with Crippen LogP contribution in [0.3, 0.4) is 0 Å². The highest BCUT2D eigenvalue weighted by molar-refractivity contribution is 5.56. The summed E-state index contributed by atoms with van der Waals surface area (Å²) in [6.07, 6.45) is 4.00. The molecule has 0 amide bonds. The molecule has 0 bridgehead atoms. The van der Waals surface area contributed by atoms with Crippen molar-refractivity contribution in [3.63, 3.8) is 0 Å². The number of hydrogen-bond acceptors (Lipinski definition) is 9. The fourth-order valence-corrected chi connectivity index (χ4v) is 4.10. The number of hydrogen-bond donors (Lipinski definition) is 3. The summed E-state index contributed by atoms with van der Waals surface area (Å²) in [5.74, 6) is 2.57. The molecule has 0 unspecified atom stereocenters. The van der Waals surface area contributed by atoms with Crippen molar-refractivity contribution < 1.29 is 20.8 Å². The fraction of sp³-hybridized carbons (Fsp3) is 0.455. The van der Waals surface area contributed by atoms with Gasteiger partial charge in [0.25, 0.3) is 0 Å². The Labute approximate surface area is 252 Å². The van der Waals surface area contributed by atoms with Crippen LogP contribution in [0, 0.1) is 11.3 Å². The quantitative estimate of drug-likeness (QED) is 0.239. The molecule has 0 aliphatic heterocycles. The molecule has 1 aliphatic carbocycles. The van der Waals surface area contributed by atoms with Crippen LogP contribution in [0.5, 0.6) is 11.5 Å². The lowest BCUT2D eigenvalue weighted by Gasteiger charge is -2.28. The van der Waals surface area contributed by atoms with Gasteiger partial charge in [-0.15, -0.1) is 0 Å². The first-order chi connectivity index (χ1) is 20.4. The fourth-order valence-electron chi connectivity index (χ4n) is 4.10. The van der Waals surface area contributed by atoms with E-state index in [1.807, 2.05) is 51.9 Å². The van der Waals surface area contributed by atoms with E-state index in [0.29, 0.717) is 30.6 Å². The maximum absolute atomic E-state index is 9.91. The second kappa shape index (κ2) is 19.2. The summed E-state index contributed by atoms with van der Waals surface area (Å²) in [5.41, 5.74) is 4.56. The van der Waals surface area contributed by atoms with Gasteiger partial charge in [-0.25, -0.2) is 9.97 Å². The molecule has 3 aromatic rings. The van der Waals surface area contributed by atoms with Gasteiger partial charge in [0.1, 0.15) is 37.6 Å². The Hall–Kier alpha value is -4.00. The number of carbonyl (C=O) groups excluding carboxylic acids is 1. The van der Waals surface area contributed by atoms with Gasteiger partial charge in [0.05, 0.1) is 11.3 Å². The van der Waals surface area contributed by atoms with Crippen LogP contribution in [0.25, 0.3) is 0 Å². The van der Waals surface area contributed by atoms with E-state index in [-0.39, 0.29) is 13.4 Å². The van der Waals surface area contributed by atoms with E-state index in [2.05, 4.69) is 58.7 Å². The third-order valence-electron chi connectivity index (χ3n) is 6.48. The molecule has 9 nitrogen and oxygen atoms in total. The number of benzene rings is 2. The highest BCUT2D eigenvalue weighted by Gasteiger charge is 2.32. The van der Waals surface area contributed by atoms with Crippen molar-refractivity contribution in [3.8, 4) is 17.6 Å². The van der Waals surface area contributed by atoms with Crippen molar-refractivity contribution in [2.75, 3.05) is 39.2 Å². The molecule has 1 aliphatic rings. The van der Waals surface area contributed by atoms with Gasteiger partial charge in [-0.05, 0) is 73.7 Å². The lowest BCUT2D eigenvalue weighted by Crippen LogP contribution is -2.20. The van der Waals surface area contributed by atoms with Crippen LogP contribution in [0.15, 0.2) is 48.7 Å². The summed E-state index contributed by atoms with van der Waals surface area (Å²) in [6.45, 7) is 14.0. The number of aromatic nitrogens is 2. The highest BCUT2D eigenvalue weighted by Crippen LogP contribution is 2.47. The Morgan fingerprint density at radius 3 is 2.29 bits per heavy atom. The van der Waals surface area contributed by atoms with Gasteiger partial charge in [-0.1, -0.05) is 45.9 Å². The number of anilines is 1. The molecule has 4 rings (SSSR count). The zero-order chi connectivity index (χ0) is 31.5. The average molecular weight is 580 g/mol. The highest BCUT2D eigenvalue weighted by atomic mass is 16.5. The minimum absolute atomic E-state index is 0. The second-order valence-electron chi connectivity index (χ2n) is 9.66. The molecule has 1 aromatic heterocycles. The van der Waals surface area contributed by atoms with E-state index < -0.39 is 0 Å². The summed E-state index contributed by atoms with van der Waals surface area (Å²) < 4.78 is 12.0. The molecule has 2 aromatic carbocycles. The minimum atomic E-state index is -0.286. The Morgan fingerprint density at radius 1 is 1.10 bits per heavy atom. The van der Waals surface area contributed by atoms with Crippen molar-refractivity contribution >= 4 is 12.7 Å². The third kappa shape index (κ3) is 10.4. The molecule has 0 spiro atoms. The Bertz CT molecular complexity index is 1250. The standard InChI is InChI=1S/C28H33N5O2.C2H6O.C2H6.CH2O.H2/c1-28(2,21-7-9-24(10-8-21)35-18-23-11-12-32-27(31-4)33-23)22-15-20(17-29)26(34-14-13-30-3)25(16-22)19-5-6-19;1-2-3;2*1-2;/h7-12,15-16,19,30H,5-6,13-14,18H2,1-4H3,(H,31,32,33);3H,2H2,1H3;1-2H3;1H2;1H. The lowest BCUT2D eigenvalue weighted by molar-refractivity contribution is -0.0980. The molecule has 0 radical (unpaired) electrons. The molecule has 0 saturated heterocycles. The number of ether oxygens (including phenoxy) is 2. The average Bonchev–Trinajstić information content (AvgIpc) is 3.88. The lowest BCUT2D eigenvalue weighted by atomic mass is 9.76. The van der Waals surface area contributed by atoms with E-state index in [1.165, 1.54) is 0 Å². The minimum Gasteiger partial charge on any atom is -0.491 e. The van der Waals surface area contributed by atoms with E-state index >= 15 is 0 Å². The van der Waals surface area contributed by atoms with Gasteiger partial charge in [0.15, 0.2) is 0 Å². The van der Waals surface area contributed by atoms with Crippen LogP contribution in [0.1, 0.15) is 82.8 Å². The monoisotopic (exact) mass is 579 g/mol. The summed E-state index contributed by atoms with van der Waals surface area (Å²) in [7, 11) is 3.69. The van der Waals surface area contributed by atoms with Crippen molar-refractivity contribution in [2.45, 2.75) is 65.4 Å². The van der Waals surface area contributed by atoms with Crippen molar-refractivity contribution in [3.05, 3.63) is 76.6 Å². The molecule has 9 heteroatoms. The summed E-state index contributed by atoms with van der Waals surface area (Å²) in [4.78, 5) is 16.5. The zero-order valence-corrected chi connectivity index (χ0v) is 26.2. The Balaban J connectivity index is 0.00000204. The Kier molecular flexibility index (Phi) is 16.5. The number of carbonyl (C=O) groups is 1. The van der Waals surface area contributed by atoms with Crippen LogP contribution in [0.4, 0.5) is 5.95 Å². The van der Waals surface area contributed by atoms with Crippen molar-refractivity contribution in [1.82, 2.24) is 15.3 Å². The molecular weight excluding hydrogens is 530 g/mol. The predicted octanol–water partition coefficient (Wildman–Crippen LogP) is 5.86. The third-order valence-corrected chi connectivity index (χ3v) is 6.48. The first-order valence-corrected chi connectivity index (χ1v) is 14.4. The maximum atomic E-state index is 9.91. The molecule has 3 N–H and O–H groups in total. The number of aliphatic hydroxyl groups is 1. The molecule has 1 heterocycles. The number of nitrogens with zero attached hydrogens (tertiary/aromatic N) is 3. The van der Waals surface area contributed by atoms with Crippen LogP contribution in [0.2, 0.25) is 0 Å². The zero-order valence-electron chi connectivity index (χ0n) is 26.2. The predicted molar refractivity (Wildman–Crippen MR) is 170 cm³/mol. The van der Waals surface area contributed by atoms with Gasteiger partial charge in [-0.3, -0.25) is 0 Å². The number of nitriles is 1. The number of rotatable bonds is 11. The summed E-state index contributed by atoms with van der Waals surface area (Å²) in [5, 5.41) is 23.5. The number of aliphatic hydroxyl groups excluding tert-OH is 1. The van der Waals surface area contributed by atoms with Crippen molar-refractivity contribution in [1.29, 1.82) is 5.26 Å². The van der Waals surface area contributed by atoms with Crippen LogP contribution in [-0.2, 0) is 16.8 Å². The van der Waals surface area contributed by atoms with Gasteiger partial charge in [0.2, 0.25) is 5.95 Å². The van der Waals surface area contributed by atoms with Crippen LogP contribution in [-0.4, -0.2) is 55.7 Å². The largest absolute Gasteiger partial charge is 0.491 e. The van der Waals surface area contributed by atoms with Gasteiger partial charge in [-0.2, -0.15) is 5.26 Å². The summed E-state index contributed by atoms with van der Waals surface area (Å²) in [6, 6.07) is 16.6. The molecule has 1 saturated carbocycles. The topological polar surface area (TPSA) is 129 Å². The van der Waals surface area contributed by atoms with Crippen LogP contribution >= 0.6 is 0 Å². The first-order valence-electron chi connectivity index (χ1n) is 14.4. The van der Waals surface area contributed by atoms with Gasteiger partial charge >= 0.3 is 0 Å². The maximum Gasteiger partial charge on any atom is 0.222 e. The molecule has 42 heavy (non-hydrogen) atoms. The molecule has 0 atom stereocenters. The van der Waals surface area contributed by atoms with E-state index in [1.54, 1.807) is 20.2 Å².